The summed E-state index contributed by atoms with van der Waals surface area (Å²) in [6.07, 6.45) is 9.24. The van der Waals surface area contributed by atoms with Crippen LogP contribution < -0.4 is 5.32 Å². The van der Waals surface area contributed by atoms with Crippen molar-refractivity contribution in [2.24, 2.45) is 11.8 Å². The van der Waals surface area contributed by atoms with Gasteiger partial charge in [-0.25, -0.2) is 9.97 Å². The maximum Gasteiger partial charge on any atom is 0.133 e. The normalized spacial score (nSPS) is 31.1. The van der Waals surface area contributed by atoms with E-state index in [-0.39, 0.29) is 0 Å². The van der Waals surface area contributed by atoms with E-state index in [0.29, 0.717) is 6.04 Å². The van der Waals surface area contributed by atoms with E-state index in [4.69, 9.17) is 0 Å². The van der Waals surface area contributed by atoms with E-state index in [1.54, 1.807) is 6.33 Å². The number of anilines is 1. The predicted molar refractivity (Wildman–Crippen MR) is 73.6 cm³/mol. The molecule has 1 aromatic heterocycles. The standard InChI is InChI=1S/C15H23N3/c1-10-5-3-7-13(11(10)2)18-15-12-6-4-8-14(12)16-9-17-15/h9-11,13H,3-8H2,1-2H3,(H,16,17,18). The molecule has 3 heteroatoms. The van der Waals surface area contributed by atoms with Crippen molar-refractivity contribution in [3.63, 3.8) is 0 Å². The molecule has 3 nitrogen and oxygen atoms in total. The first-order chi connectivity index (χ1) is 8.75. The molecule has 2 aliphatic carbocycles. The van der Waals surface area contributed by atoms with Crippen LogP contribution in [0.25, 0.3) is 0 Å². The van der Waals surface area contributed by atoms with Crippen LogP contribution in [0.2, 0.25) is 0 Å². The van der Waals surface area contributed by atoms with Crippen molar-refractivity contribution < 1.29 is 0 Å². The van der Waals surface area contributed by atoms with Crippen molar-refractivity contribution in [2.45, 2.75) is 58.4 Å². The molecule has 0 bridgehead atoms. The summed E-state index contributed by atoms with van der Waals surface area (Å²) in [6, 6.07) is 0.591. The topological polar surface area (TPSA) is 37.8 Å². The summed E-state index contributed by atoms with van der Waals surface area (Å²) in [5.41, 5.74) is 2.65. The molecule has 2 aliphatic rings. The van der Waals surface area contributed by atoms with Crippen LogP contribution in [0.4, 0.5) is 5.82 Å². The number of nitrogens with zero attached hydrogens (tertiary/aromatic N) is 2. The van der Waals surface area contributed by atoms with Crippen molar-refractivity contribution in [2.75, 3.05) is 5.32 Å². The van der Waals surface area contributed by atoms with E-state index in [0.717, 1.165) is 30.5 Å². The summed E-state index contributed by atoms with van der Waals surface area (Å²) in [5, 5.41) is 3.71. The second-order valence-electron chi connectivity index (χ2n) is 6.02. The van der Waals surface area contributed by atoms with Crippen molar-refractivity contribution in [3.05, 3.63) is 17.6 Å². The van der Waals surface area contributed by atoms with Crippen LogP contribution in [0.3, 0.4) is 0 Å². The van der Waals surface area contributed by atoms with Crippen molar-refractivity contribution in [1.29, 1.82) is 0 Å². The van der Waals surface area contributed by atoms with Crippen molar-refractivity contribution in [1.82, 2.24) is 9.97 Å². The van der Waals surface area contributed by atoms with E-state index in [1.807, 2.05) is 0 Å². The Kier molecular flexibility index (Phi) is 3.23. The second kappa shape index (κ2) is 4.87. The molecule has 1 aromatic rings. The highest BCUT2D eigenvalue weighted by Crippen LogP contribution is 2.33. The van der Waals surface area contributed by atoms with Crippen LogP contribution in [0.15, 0.2) is 6.33 Å². The lowest BCUT2D eigenvalue weighted by Crippen LogP contribution is -2.35. The molecule has 0 amide bonds. The Morgan fingerprint density at radius 2 is 2.00 bits per heavy atom. The smallest absolute Gasteiger partial charge is 0.133 e. The second-order valence-corrected chi connectivity index (χ2v) is 6.02. The fourth-order valence-corrected chi connectivity index (χ4v) is 3.45. The number of aromatic nitrogens is 2. The maximum absolute atomic E-state index is 4.48. The zero-order chi connectivity index (χ0) is 12.5. The molecule has 3 atom stereocenters. The van der Waals surface area contributed by atoms with Gasteiger partial charge in [0.05, 0.1) is 0 Å². The number of fused-ring (bicyclic) bond motifs is 1. The highest BCUT2D eigenvalue weighted by Gasteiger charge is 2.28. The minimum absolute atomic E-state index is 0.591. The van der Waals surface area contributed by atoms with Crippen LogP contribution in [-0.4, -0.2) is 16.0 Å². The van der Waals surface area contributed by atoms with Gasteiger partial charge < -0.3 is 5.32 Å². The molecule has 3 unspecified atom stereocenters. The average molecular weight is 245 g/mol. The Morgan fingerprint density at radius 3 is 2.89 bits per heavy atom. The first-order valence-electron chi connectivity index (χ1n) is 7.35. The quantitative estimate of drug-likeness (QED) is 0.869. The van der Waals surface area contributed by atoms with Gasteiger partial charge in [-0.2, -0.15) is 0 Å². The van der Waals surface area contributed by atoms with Crippen LogP contribution in [-0.2, 0) is 12.8 Å². The summed E-state index contributed by atoms with van der Waals surface area (Å²) in [6.45, 7) is 4.76. The lowest BCUT2D eigenvalue weighted by molar-refractivity contribution is 0.252. The molecule has 0 saturated heterocycles. The molecule has 0 aliphatic heterocycles. The fraction of sp³-hybridized carbons (Fsp3) is 0.733. The van der Waals surface area contributed by atoms with Gasteiger partial charge in [0.1, 0.15) is 12.1 Å². The van der Waals surface area contributed by atoms with Crippen LogP contribution in [0, 0.1) is 11.8 Å². The zero-order valence-electron chi connectivity index (χ0n) is 11.4. The Labute approximate surface area is 109 Å². The number of rotatable bonds is 2. The Morgan fingerprint density at radius 1 is 1.11 bits per heavy atom. The number of hydrogen-bond acceptors (Lipinski definition) is 3. The third-order valence-electron chi connectivity index (χ3n) is 4.90. The van der Waals surface area contributed by atoms with E-state index >= 15 is 0 Å². The Balaban J connectivity index is 1.78. The van der Waals surface area contributed by atoms with Gasteiger partial charge in [-0.1, -0.05) is 26.7 Å². The van der Waals surface area contributed by atoms with Crippen LogP contribution in [0.5, 0.6) is 0 Å². The zero-order valence-corrected chi connectivity index (χ0v) is 11.4. The van der Waals surface area contributed by atoms with Crippen molar-refractivity contribution in [3.8, 4) is 0 Å². The number of nitrogens with one attached hydrogen (secondary N) is 1. The number of hydrogen-bond donors (Lipinski definition) is 1. The molecular weight excluding hydrogens is 222 g/mol. The van der Waals surface area contributed by atoms with E-state index in [1.165, 1.54) is 36.9 Å². The van der Waals surface area contributed by atoms with Crippen LogP contribution in [0.1, 0.15) is 50.8 Å². The molecule has 1 fully saturated rings. The van der Waals surface area contributed by atoms with Gasteiger partial charge >= 0.3 is 0 Å². The van der Waals surface area contributed by atoms with Gasteiger partial charge in [0, 0.05) is 17.3 Å². The molecule has 1 N–H and O–H groups in total. The lowest BCUT2D eigenvalue weighted by atomic mass is 9.78. The van der Waals surface area contributed by atoms with E-state index < -0.39 is 0 Å². The summed E-state index contributed by atoms with van der Waals surface area (Å²) in [7, 11) is 0. The summed E-state index contributed by atoms with van der Waals surface area (Å²) < 4.78 is 0. The predicted octanol–water partition coefficient (Wildman–Crippen LogP) is 3.20. The highest BCUT2D eigenvalue weighted by molar-refractivity contribution is 5.48. The molecule has 3 rings (SSSR count). The molecular formula is C15H23N3. The molecule has 1 heterocycles. The van der Waals surface area contributed by atoms with E-state index in [2.05, 4.69) is 29.1 Å². The lowest BCUT2D eigenvalue weighted by Gasteiger charge is -2.35. The summed E-state index contributed by atoms with van der Waals surface area (Å²) in [5.74, 6) is 2.68. The van der Waals surface area contributed by atoms with Crippen LogP contribution >= 0.6 is 0 Å². The largest absolute Gasteiger partial charge is 0.367 e. The molecule has 1 saturated carbocycles. The molecule has 0 aromatic carbocycles. The molecule has 0 radical (unpaired) electrons. The van der Waals surface area contributed by atoms with Gasteiger partial charge in [-0.3, -0.25) is 0 Å². The summed E-state index contributed by atoms with van der Waals surface area (Å²) >= 11 is 0. The third kappa shape index (κ3) is 2.11. The minimum atomic E-state index is 0.591. The van der Waals surface area contributed by atoms with E-state index in [9.17, 15) is 0 Å². The average Bonchev–Trinajstić information content (AvgIpc) is 2.84. The first kappa shape index (κ1) is 11.9. The van der Waals surface area contributed by atoms with Gasteiger partial charge in [-0.15, -0.1) is 0 Å². The molecule has 18 heavy (non-hydrogen) atoms. The third-order valence-corrected chi connectivity index (χ3v) is 4.90. The van der Waals surface area contributed by atoms with Gasteiger partial charge in [0.15, 0.2) is 0 Å². The SMILES string of the molecule is CC1CCCC(Nc2ncnc3c2CCC3)C1C. The minimum Gasteiger partial charge on any atom is -0.367 e. The van der Waals surface area contributed by atoms with Gasteiger partial charge in [0.2, 0.25) is 0 Å². The highest BCUT2D eigenvalue weighted by atomic mass is 15.0. The molecule has 0 spiro atoms. The van der Waals surface area contributed by atoms with Crippen molar-refractivity contribution >= 4 is 5.82 Å². The van der Waals surface area contributed by atoms with Gasteiger partial charge in [0.25, 0.3) is 0 Å². The first-order valence-corrected chi connectivity index (χ1v) is 7.35. The molecule has 98 valence electrons. The fourth-order valence-electron chi connectivity index (χ4n) is 3.45. The monoisotopic (exact) mass is 245 g/mol. The Bertz CT molecular complexity index is 430. The summed E-state index contributed by atoms with van der Waals surface area (Å²) in [4.78, 5) is 8.88. The Hall–Kier alpha value is -1.12. The van der Waals surface area contributed by atoms with Gasteiger partial charge in [-0.05, 0) is 37.5 Å². The number of aryl methyl sites for hydroxylation is 1. The maximum atomic E-state index is 4.48.